The Morgan fingerprint density at radius 3 is 2.57 bits per heavy atom. The molecule has 0 radical (unpaired) electrons. The maximum absolute atomic E-state index is 12.3. The number of pyridine rings is 1. The van der Waals surface area contributed by atoms with E-state index in [0.717, 1.165) is 5.69 Å². The number of carbonyl (C=O) groups is 2. The van der Waals surface area contributed by atoms with E-state index < -0.39 is 0 Å². The Balaban J connectivity index is 1.98. The monoisotopic (exact) mass is 291 g/mol. The molecule has 0 bridgehead atoms. The Kier molecular flexibility index (Phi) is 4.30. The summed E-state index contributed by atoms with van der Waals surface area (Å²) in [5.41, 5.74) is 6.78. The summed E-state index contributed by atoms with van der Waals surface area (Å²) in [6.07, 6.45) is 4.60. The highest BCUT2D eigenvalue weighted by molar-refractivity contribution is 5.93. The Morgan fingerprint density at radius 1 is 1.33 bits per heavy atom. The fraction of sp³-hybridized carbons (Fsp3) is 0.500. The first-order valence-electron chi connectivity index (χ1n) is 6.84. The van der Waals surface area contributed by atoms with Crippen LogP contribution in [-0.2, 0) is 4.79 Å². The van der Waals surface area contributed by atoms with Gasteiger partial charge in [0.15, 0.2) is 0 Å². The van der Waals surface area contributed by atoms with Crippen LogP contribution in [0, 0.1) is 5.92 Å². The van der Waals surface area contributed by atoms with Crippen LogP contribution in [0.5, 0.6) is 0 Å². The first-order valence-corrected chi connectivity index (χ1v) is 6.84. The lowest BCUT2D eigenvalue weighted by Crippen LogP contribution is -2.50. The minimum atomic E-state index is -0.288. The van der Waals surface area contributed by atoms with E-state index in [1.54, 1.807) is 30.4 Å². The molecule has 0 unspecified atom stereocenters. The molecule has 1 fully saturated rings. The van der Waals surface area contributed by atoms with Crippen molar-refractivity contribution in [3.8, 4) is 0 Å². The lowest BCUT2D eigenvalue weighted by Gasteiger charge is -2.39. The van der Waals surface area contributed by atoms with Gasteiger partial charge in [-0.1, -0.05) is 0 Å². The Hall–Kier alpha value is -2.31. The molecule has 3 amide bonds. The molecule has 3 N–H and O–H groups in total. The number of nitrogens with one attached hydrogen (secondary N) is 1. The van der Waals surface area contributed by atoms with Gasteiger partial charge >= 0.3 is 6.03 Å². The summed E-state index contributed by atoms with van der Waals surface area (Å²) < 4.78 is 0. The molecule has 0 saturated heterocycles. The molecule has 1 aromatic rings. The molecule has 0 spiro atoms. The number of nitrogens with two attached hydrogens (primary N) is 1. The second-order valence-corrected chi connectivity index (χ2v) is 5.55. The number of primary amides is 1. The average Bonchev–Trinajstić information content (AvgIpc) is 2.36. The van der Waals surface area contributed by atoms with Crippen LogP contribution in [0.15, 0.2) is 18.5 Å². The van der Waals surface area contributed by atoms with Gasteiger partial charge in [-0.15, -0.1) is 0 Å². The normalized spacial score (nSPS) is 20.3. The van der Waals surface area contributed by atoms with Crippen molar-refractivity contribution in [3.05, 3.63) is 18.5 Å². The predicted octanol–water partition coefficient (Wildman–Crippen LogP) is 0.875. The van der Waals surface area contributed by atoms with Gasteiger partial charge in [0.05, 0.1) is 17.6 Å². The van der Waals surface area contributed by atoms with E-state index in [1.807, 2.05) is 19.0 Å². The van der Waals surface area contributed by atoms with Gasteiger partial charge in [0.25, 0.3) is 0 Å². The fourth-order valence-electron chi connectivity index (χ4n) is 2.35. The molecule has 0 aliphatic heterocycles. The van der Waals surface area contributed by atoms with Crippen LogP contribution in [0.4, 0.5) is 16.2 Å². The number of hydrogen-bond acceptors (Lipinski definition) is 4. The summed E-state index contributed by atoms with van der Waals surface area (Å²) in [6, 6.07) is 1.62. The fourth-order valence-corrected chi connectivity index (χ4v) is 2.35. The lowest BCUT2D eigenvalue weighted by atomic mass is 9.79. The van der Waals surface area contributed by atoms with Gasteiger partial charge in [0.2, 0.25) is 5.91 Å². The van der Waals surface area contributed by atoms with E-state index in [1.165, 1.54) is 0 Å². The van der Waals surface area contributed by atoms with Gasteiger partial charge in [-0.25, -0.2) is 4.79 Å². The van der Waals surface area contributed by atoms with E-state index >= 15 is 0 Å². The molecule has 2 rings (SSSR count). The molecule has 7 heteroatoms. The lowest BCUT2D eigenvalue weighted by molar-refractivity contribution is -0.125. The summed E-state index contributed by atoms with van der Waals surface area (Å²) in [7, 11) is 5.51. The van der Waals surface area contributed by atoms with Crippen molar-refractivity contribution in [3.63, 3.8) is 0 Å². The minimum Gasteiger partial charge on any atom is -0.375 e. The Morgan fingerprint density at radius 2 is 2.00 bits per heavy atom. The van der Waals surface area contributed by atoms with Crippen molar-refractivity contribution in [2.45, 2.75) is 18.9 Å². The summed E-state index contributed by atoms with van der Waals surface area (Å²) in [5, 5.41) is 2.87. The molecule has 1 aliphatic carbocycles. The zero-order valence-electron chi connectivity index (χ0n) is 12.5. The largest absolute Gasteiger partial charge is 0.375 e. The Bertz CT molecular complexity index is 540. The maximum Gasteiger partial charge on any atom is 0.321 e. The summed E-state index contributed by atoms with van der Waals surface area (Å²) in [5.74, 6) is -0.396. The van der Waals surface area contributed by atoms with Gasteiger partial charge < -0.3 is 20.9 Å². The summed E-state index contributed by atoms with van der Waals surface area (Å²) in [6.45, 7) is 0. The van der Waals surface area contributed by atoms with Crippen molar-refractivity contribution < 1.29 is 9.59 Å². The first-order chi connectivity index (χ1) is 9.90. The zero-order valence-corrected chi connectivity index (χ0v) is 12.5. The molecule has 7 nitrogen and oxygen atoms in total. The SMILES string of the molecule is CN(C)c1cnccc1NC(=O)N(C)C1CC(C(N)=O)C1. The van der Waals surface area contributed by atoms with Gasteiger partial charge in [-0.3, -0.25) is 9.78 Å². The molecular formula is C14H21N5O2. The van der Waals surface area contributed by atoms with E-state index in [4.69, 9.17) is 5.73 Å². The van der Waals surface area contributed by atoms with E-state index in [0.29, 0.717) is 18.5 Å². The highest BCUT2D eigenvalue weighted by Crippen LogP contribution is 2.31. The highest BCUT2D eigenvalue weighted by atomic mass is 16.2. The van der Waals surface area contributed by atoms with Crippen LogP contribution in [0.3, 0.4) is 0 Å². The molecule has 1 saturated carbocycles. The second-order valence-electron chi connectivity index (χ2n) is 5.55. The topological polar surface area (TPSA) is 91.6 Å². The van der Waals surface area contributed by atoms with Crippen molar-refractivity contribution in [2.24, 2.45) is 11.7 Å². The molecule has 1 heterocycles. The molecule has 0 atom stereocenters. The number of carbonyl (C=O) groups excluding carboxylic acids is 2. The third-order valence-electron chi connectivity index (χ3n) is 3.91. The maximum atomic E-state index is 12.3. The summed E-state index contributed by atoms with van der Waals surface area (Å²) >= 11 is 0. The number of rotatable bonds is 4. The molecule has 0 aromatic carbocycles. The van der Waals surface area contributed by atoms with Crippen LogP contribution in [0.1, 0.15) is 12.8 Å². The molecule has 1 aromatic heterocycles. The first kappa shape index (κ1) is 15.1. The third-order valence-corrected chi connectivity index (χ3v) is 3.91. The molecule has 114 valence electrons. The van der Waals surface area contributed by atoms with Gasteiger partial charge in [0, 0.05) is 39.3 Å². The number of amides is 3. The molecule has 1 aliphatic rings. The van der Waals surface area contributed by atoms with E-state index in [-0.39, 0.29) is 23.9 Å². The van der Waals surface area contributed by atoms with Crippen LogP contribution in [-0.4, -0.2) is 49.0 Å². The van der Waals surface area contributed by atoms with Crippen molar-refractivity contribution in [1.82, 2.24) is 9.88 Å². The Labute approximate surface area is 124 Å². The van der Waals surface area contributed by atoms with Crippen LogP contribution in [0.25, 0.3) is 0 Å². The van der Waals surface area contributed by atoms with E-state index in [9.17, 15) is 9.59 Å². The second kappa shape index (κ2) is 5.99. The molecular weight excluding hydrogens is 270 g/mol. The number of aromatic nitrogens is 1. The highest BCUT2D eigenvalue weighted by Gasteiger charge is 2.37. The molecule has 21 heavy (non-hydrogen) atoms. The van der Waals surface area contributed by atoms with Gasteiger partial charge in [-0.05, 0) is 18.9 Å². The van der Waals surface area contributed by atoms with Crippen molar-refractivity contribution >= 4 is 23.3 Å². The number of hydrogen-bond donors (Lipinski definition) is 2. The standard InChI is InChI=1S/C14H21N5O2/c1-18(2)12-8-16-5-4-11(12)17-14(21)19(3)10-6-9(7-10)13(15)20/h4-5,8-10H,6-7H2,1-3H3,(H2,15,20)(H,16,17,21). The number of anilines is 2. The third kappa shape index (κ3) is 3.24. The van der Waals surface area contributed by atoms with Crippen LogP contribution >= 0.6 is 0 Å². The van der Waals surface area contributed by atoms with Crippen LogP contribution < -0.4 is 16.0 Å². The number of nitrogens with zero attached hydrogens (tertiary/aromatic N) is 3. The van der Waals surface area contributed by atoms with Gasteiger partial charge in [0.1, 0.15) is 0 Å². The van der Waals surface area contributed by atoms with Gasteiger partial charge in [-0.2, -0.15) is 0 Å². The van der Waals surface area contributed by atoms with Crippen LogP contribution in [0.2, 0.25) is 0 Å². The minimum absolute atomic E-state index is 0.0622. The average molecular weight is 291 g/mol. The van der Waals surface area contributed by atoms with Crippen molar-refractivity contribution in [2.75, 3.05) is 31.4 Å². The smallest absolute Gasteiger partial charge is 0.321 e. The summed E-state index contributed by atoms with van der Waals surface area (Å²) in [4.78, 5) is 30.8. The quantitative estimate of drug-likeness (QED) is 0.861. The predicted molar refractivity (Wildman–Crippen MR) is 81.1 cm³/mol. The zero-order chi connectivity index (χ0) is 15.6. The number of urea groups is 1. The van der Waals surface area contributed by atoms with Crippen molar-refractivity contribution in [1.29, 1.82) is 0 Å². The van der Waals surface area contributed by atoms with E-state index in [2.05, 4.69) is 10.3 Å².